The first-order valence-electron chi connectivity index (χ1n) is 11.0. The number of carbonyl (C=O) groups is 2. The van der Waals surface area contributed by atoms with Crippen LogP contribution in [0.1, 0.15) is 67.8 Å². The van der Waals surface area contributed by atoms with Gasteiger partial charge in [-0.1, -0.05) is 17.2 Å². The molecule has 0 amide bonds. The molecule has 0 aromatic heterocycles. The number of Topliss-reactive ketones (excluding diaryl/α,β-unsaturated/α-hetero) is 2. The highest BCUT2D eigenvalue weighted by Gasteiger charge is 2.12. The van der Waals surface area contributed by atoms with Gasteiger partial charge < -0.3 is 19.3 Å². The van der Waals surface area contributed by atoms with E-state index >= 15 is 0 Å². The second-order valence-corrected chi connectivity index (χ2v) is 8.23. The van der Waals surface area contributed by atoms with Crippen LogP contribution in [-0.4, -0.2) is 37.5 Å². The van der Waals surface area contributed by atoms with Crippen LogP contribution in [0.25, 0.3) is 0 Å². The fourth-order valence-corrected chi connectivity index (χ4v) is 2.90. The van der Waals surface area contributed by atoms with Gasteiger partial charge in [0.2, 0.25) is 0 Å². The summed E-state index contributed by atoms with van der Waals surface area (Å²) in [6.45, 7) is 11.4. The summed E-state index contributed by atoms with van der Waals surface area (Å²) in [5.74, 6) is 1.65. The van der Waals surface area contributed by atoms with E-state index in [4.69, 9.17) is 14.2 Å². The van der Waals surface area contributed by atoms with Crippen molar-refractivity contribution in [1.29, 1.82) is 0 Å². The van der Waals surface area contributed by atoms with Crippen LogP contribution in [-0.2, 0) is 6.42 Å². The minimum absolute atomic E-state index is 0.0140. The number of rotatable bonds is 9. The van der Waals surface area contributed by atoms with Crippen molar-refractivity contribution in [2.75, 3.05) is 20.8 Å². The highest BCUT2D eigenvalue weighted by Crippen LogP contribution is 2.29. The summed E-state index contributed by atoms with van der Waals surface area (Å²) in [4.78, 5) is 22.8. The standard InChI is InChI=1S/2C14H18O3/c1-9(2)5-6-11-7-12(10(3)15)13(16)8-14(11)17-4;1-10(2)7-8-17-14-9-12(16-4)5-6-13(14)11(3)15/h5,7-8,16H,6H2,1-4H3;5-7,9H,8H2,1-4H3. The summed E-state index contributed by atoms with van der Waals surface area (Å²) in [7, 11) is 3.14. The molecular formula is C28H36O6. The molecule has 34 heavy (non-hydrogen) atoms. The lowest BCUT2D eigenvalue weighted by Crippen LogP contribution is -2.02. The van der Waals surface area contributed by atoms with E-state index in [-0.39, 0.29) is 17.3 Å². The first kappa shape index (κ1) is 28.5. The smallest absolute Gasteiger partial charge is 0.163 e. The molecule has 0 aliphatic heterocycles. The third-order valence-corrected chi connectivity index (χ3v) is 4.81. The van der Waals surface area contributed by atoms with Crippen molar-refractivity contribution in [3.63, 3.8) is 0 Å². The van der Waals surface area contributed by atoms with Crippen LogP contribution >= 0.6 is 0 Å². The zero-order valence-corrected chi connectivity index (χ0v) is 21.4. The normalized spacial score (nSPS) is 9.76. The predicted molar refractivity (Wildman–Crippen MR) is 136 cm³/mol. The molecule has 2 rings (SSSR count). The van der Waals surface area contributed by atoms with Crippen molar-refractivity contribution in [3.8, 4) is 23.0 Å². The van der Waals surface area contributed by atoms with Crippen LogP contribution < -0.4 is 14.2 Å². The maximum absolute atomic E-state index is 11.4. The third-order valence-electron chi connectivity index (χ3n) is 4.81. The van der Waals surface area contributed by atoms with Gasteiger partial charge in [-0.15, -0.1) is 0 Å². The van der Waals surface area contributed by atoms with Crippen molar-refractivity contribution >= 4 is 11.6 Å². The monoisotopic (exact) mass is 468 g/mol. The minimum Gasteiger partial charge on any atom is -0.507 e. The maximum Gasteiger partial charge on any atom is 0.163 e. The average Bonchev–Trinajstić information content (AvgIpc) is 2.77. The quantitative estimate of drug-likeness (QED) is 0.341. The van der Waals surface area contributed by atoms with Gasteiger partial charge in [-0.2, -0.15) is 0 Å². The maximum atomic E-state index is 11.4. The number of ketones is 2. The van der Waals surface area contributed by atoms with E-state index in [9.17, 15) is 14.7 Å². The van der Waals surface area contributed by atoms with E-state index in [1.165, 1.54) is 31.1 Å². The number of carbonyl (C=O) groups excluding carboxylic acids is 2. The molecule has 0 spiro atoms. The van der Waals surface area contributed by atoms with Gasteiger partial charge in [0, 0.05) is 12.1 Å². The minimum atomic E-state index is -0.149. The zero-order valence-electron chi connectivity index (χ0n) is 21.4. The molecule has 0 bridgehead atoms. The Bertz CT molecular complexity index is 1050. The molecule has 0 saturated carbocycles. The van der Waals surface area contributed by atoms with Crippen LogP contribution in [0.3, 0.4) is 0 Å². The van der Waals surface area contributed by atoms with Gasteiger partial charge in [0.25, 0.3) is 0 Å². The zero-order chi connectivity index (χ0) is 25.8. The fourth-order valence-electron chi connectivity index (χ4n) is 2.90. The van der Waals surface area contributed by atoms with E-state index in [0.29, 0.717) is 41.4 Å². The Kier molecular flexibility index (Phi) is 11.6. The van der Waals surface area contributed by atoms with Crippen LogP contribution in [0.5, 0.6) is 23.0 Å². The van der Waals surface area contributed by atoms with Crippen LogP contribution in [0.4, 0.5) is 0 Å². The molecule has 0 aliphatic rings. The van der Waals surface area contributed by atoms with E-state index < -0.39 is 0 Å². The molecule has 6 nitrogen and oxygen atoms in total. The summed E-state index contributed by atoms with van der Waals surface area (Å²) in [5, 5.41) is 9.68. The molecular weight excluding hydrogens is 432 g/mol. The van der Waals surface area contributed by atoms with Gasteiger partial charge in [0.15, 0.2) is 11.6 Å². The number of methoxy groups -OCH3 is 2. The van der Waals surface area contributed by atoms with Gasteiger partial charge in [-0.3, -0.25) is 9.59 Å². The van der Waals surface area contributed by atoms with Crippen LogP contribution in [0.2, 0.25) is 0 Å². The molecule has 0 heterocycles. The van der Waals surface area contributed by atoms with Gasteiger partial charge in [0.1, 0.15) is 29.6 Å². The number of aromatic hydroxyl groups is 1. The Hall–Kier alpha value is -3.54. The van der Waals surface area contributed by atoms with Crippen molar-refractivity contribution in [1.82, 2.24) is 0 Å². The predicted octanol–water partition coefficient (Wildman–Crippen LogP) is 6.35. The molecule has 2 aromatic rings. The summed E-state index contributed by atoms with van der Waals surface area (Å²) in [6, 6.07) is 8.39. The molecule has 0 unspecified atom stereocenters. The first-order valence-corrected chi connectivity index (χ1v) is 11.0. The van der Waals surface area contributed by atoms with E-state index in [2.05, 4.69) is 6.08 Å². The van der Waals surface area contributed by atoms with Crippen molar-refractivity contribution < 1.29 is 28.9 Å². The highest BCUT2D eigenvalue weighted by atomic mass is 16.5. The highest BCUT2D eigenvalue weighted by molar-refractivity contribution is 5.97. The second kappa shape index (κ2) is 13.9. The lowest BCUT2D eigenvalue weighted by atomic mass is 10.0. The summed E-state index contributed by atoms with van der Waals surface area (Å²) < 4.78 is 15.9. The van der Waals surface area contributed by atoms with E-state index in [0.717, 1.165) is 5.56 Å². The molecule has 184 valence electrons. The summed E-state index contributed by atoms with van der Waals surface area (Å²) in [5.41, 5.74) is 4.19. The number of phenolic OH excluding ortho intramolecular Hbond substituents is 1. The number of allylic oxidation sites excluding steroid dienone is 3. The van der Waals surface area contributed by atoms with Crippen LogP contribution in [0, 0.1) is 0 Å². The number of hydrogen-bond donors (Lipinski definition) is 1. The van der Waals surface area contributed by atoms with Crippen molar-refractivity contribution in [2.24, 2.45) is 0 Å². The number of hydrogen-bond acceptors (Lipinski definition) is 6. The van der Waals surface area contributed by atoms with Crippen molar-refractivity contribution in [3.05, 3.63) is 70.3 Å². The molecule has 6 heteroatoms. The van der Waals surface area contributed by atoms with Gasteiger partial charge in [-0.05, 0) is 77.8 Å². The average molecular weight is 469 g/mol. The fraction of sp³-hybridized carbons (Fsp3) is 0.357. The van der Waals surface area contributed by atoms with E-state index in [1.807, 2.05) is 33.8 Å². The summed E-state index contributed by atoms with van der Waals surface area (Å²) in [6.07, 6.45) is 4.70. The first-order chi connectivity index (χ1) is 16.0. The number of ether oxygens (including phenoxy) is 3. The Balaban J connectivity index is 0.000000340. The molecule has 2 aromatic carbocycles. The van der Waals surface area contributed by atoms with Crippen LogP contribution in [0.15, 0.2) is 53.6 Å². The topological polar surface area (TPSA) is 82.1 Å². The third kappa shape index (κ3) is 9.14. The van der Waals surface area contributed by atoms with Gasteiger partial charge >= 0.3 is 0 Å². The number of phenols is 1. The number of benzene rings is 2. The molecule has 0 aliphatic carbocycles. The largest absolute Gasteiger partial charge is 0.507 e. The Morgan fingerprint density at radius 2 is 1.41 bits per heavy atom. The SMILES string of the molecule is COc1cc(O)c(C(C)=O)cc1CC=C(C)C.COc1ccc(C(C)=O)c(OCC=C(C)C)c1. The lowest BCUT2D eigenvalue weighted by Gasteiger charge is -2.10. The van der Waals surface area contributed by atoms with Gasteiger partial charge in [-0.25, -0.2) is 0 Å². The molecule has 1 N–H and O–H groups in total. The Labute approximate surface area is 202 Å². The van der Waals surface area contributed by atoms with Crippen molar-refractivity contribution in [2.45, 2.75) is 48.0 Å². The Morgan fingerprint density at radius 1 is 0.794 bits per heavy atom. The molecule has 0 saturated heterocycles. The Morgan fingerprint density at radius 3 is 1.91 bits per heavy atom. The molecule has 0 radical (unpaired) electrons. The van der Waals surface area contributed by atoms with E-state index in [1.54, 1.807) is 38.5 Å². The van der Waals surface area contributed by atoms with Gasteiger partial charge in [0.05, 0.1) is 25.3 Å². The lowest BCUT2D eigenvalue weighted by molar-refractivity contribution is 0.100. The second-order valence-electron chi connectivity index (χ2n) is 8.23. The summed E-state index contributed by atoms with van der Waals surface area (Å²) >= 11 is 0. The molecule has 0 atom stereocenters. The molecule has 0 fully saturated rings.